The van der Waals surface area contributed by atoms with Crippen molar-refractivity contribution in [1.29, 1.82) is 0 Å². The number of rotatable bonds is 5. The molecule has 0 aliphatic heterocycles. The summed E-state index contributed by atoms with van der Waals surface area (Å²) in [6, 6.07) is 4.34. The van der Waals surface area contributed by atoms with Crippen LogP contribution >= 0.6 is 0 Å². The van der Waals surface area contributed by atoms with Gasteiger partial charge in [0.1, 0.15) is 0 Å². The Morgan fingerprint density at radius 3 is 2.89 bits per heavy atom. The Bertz CT molecular complexity index is 406. The van der Waals surface area contributed by atoms with Crippen molar-refractivity contribution in [2.45, 2.75) is 45.6 Å². The van der Waals surface area contributed by atoms with Gasteiger partial charge in [-0.1, -0.05) is 38.3 Å². The van der Waals surface area contributed by atoms with Crippen LogP contribution in [0.2, 0.25) is 0 Å². The fourth-order valence-corrected chi connectivity index (χ4v) is 3.04. The van der Waals surface area contributed by atoms with Gasteiger partial charge in [0.15, 0.2) is 11.6 Å². The first-order valence-electron chi connectivity index (χ1n) is 7.30. The van der Waals surface area contributed by atoms with E-state index in [0.717, 1.165) is 30.9 Å². The van der Waals surface area contributed by atoms with E-state index in [1.165, 1.54) is 25.7 Å². The second-order valence-electron chi connectivity index (χ2n) is 5.82. The summed E-state index contributed by atoms with van der Waals surface area (Å²) in [6.45, 7) is 3.61. The van der Waals surface area contributed by atoms with Crippen LogP contribution in [0.1, 0.15) is 44.6 Å². The molecule has 0 saturated heterocycles. The van der Waals surface area contributed by atoms with Gasteiger partial charge in [0.05, 0.1) is 0 Å². The summed E-state index contributed by atoms with van der Waals surface area (Å²) in [5.41, 5.74) is 0.414. The second kappa shape index (κ2) is 6.99. The van der Waals surface area contributed by atoms with Gasteiger partial charge in [-0.25, -0.2) is 8.78 Å². The van der Waals surface area contributed by atoms with Gasteiger partial charge in [0, 0.05) is 12.1 Å². The van der Waals surface area contributed by atoms with Gasteiger partial charge in [-0.3, -0.25) is 0 Å². The third kappa shape index (κ3) is 4.27. The van der Waals surface area contributed by atoms with Crippen LogP contribution in [0.5, 0.6) is 0 Å². The highest BCUT2D eigenvalue weighted by molar-refractivity contribution is 5.18. The molecule has 1 fully saturated rings. The van der Waals surface area contributed by atoms with E-state index in [4.69, 9.17) is 0 Å². The predicted molar refractivity (Wildman–Crippen MR) is 73.8 cm³/mol. The lowest BCUT2D eigenvalue weighted by Gasteiger charge is -2.26. The molecule has 0 spiro atoms. The summed E-state index contributed by atoms with van der Waals surface area (Å²) < 4.78 is 26.4. The third-order valence-corrected chi connectivity index (χ3v) is 4.12. The van der Waals surface area contributed by atoms with Gasteiger partial charge >= 0.3 is 0 Å². The van der Waals surface area contributed by atoms with Crippen LogP contribution in [0, 0.1) is 23.5 Å². The number of benzene rings is 1. The monoisotopic (exact) mass is 267 g/mol. The molecule has 1 N–H and O–H groups in total. The summed E-state index contributed by atoms with van der Waals surface area (Å²) in [5, 5.41) is 3.23. The zero-order valence-corrected chi connectivity index (χ0v) is 11.6. The summed E-state index contributed by atoms with van der Waals surface area (Å²) in [6.07, 6.45) is 6.47. The van der Waals surface area contributed by atoms with Crippen LogP contribution in [0.4, 0.5) is 8.78 Å². The van der Waals surface area contributed by atoms with Gasteiger partial charge in [-0.2, -0.15) is 0 Å². The van der Waals surface area contributed by atoms with Gasteiger partial charge < -0.3 is 5.32 Å². The number of hydrogen-bond acceptors (Lipinski definition) is 1. The Morgan fingerprint density at radius 2 is 2.11 bits per heavy atom. The highest BCUT2D eigenvalue weighted by atomic mass is 19.2. The van der Waals surface area contributed by atoms with E-state index in [1.54, 1.807) is 12.1 Å². The quantitative estimate of drug-likeness (QED) is 0.786. The highest BCUT2D eigenvalue weighted by Crippen LogP contribution is 2.30. The molecule has 0 amide bonds. The van der Waals surface area contributed by atoms with Gasteiger partial charge in [-0.05, 0) is 37.3 Å². The van der Waals surface area contributed by atoms with E-state index in [1.807, 2.05) is 0 Å². The first-order chi connectivity index (χ1) is 9.16. The van der Waals surface area contributed by atoms with E-state index in [2.05, 4.69) is 12.2 Å². The van der Waals surface area contributed by atoms with Gasteiger partial charge in [-0.15, -0.1) is 0 Å². The van der Waals surface area contributed by atoms with Crippen LogP contribution < -0.4 is 5.32 Å². The minimum absolute atomic E-state index is 0.409. The first-order valence-corrected chi connectivity index (χ1v) is 7.30. The smallest absolute Gasteiger partial charge is 0.163 e. The highest BCUT2D eigenvalue weighted by Gasteiger charge is 2.18. The molecule has 0 bridgehead atoms. The van der Waals surface area contributed by atoms with Gasteiger partial charge in [0.2, 0.25) is 0 Å². The van der Waals surface area contributed by atoms with Crippen molar-refractivity contribution in [2.24, 2.45) is 11.8 Å². The van der Waals surface area contributed by atoms with Crippen LogP contribution in [0.3, 0.4) is 0 Å². The van der Waals surface area contributed by atoms with E-state index in [0.29, 0.717) is 12.1 Å². The minimum atomic E-state index is -0.764. The molecule has 1 saturated carbocycles. The molecule has 106 valence electrons. The van der Waals surface area contributed by atoms with Crippen LogP contribution in [-0.2, 0) is 6.54 Å². The Morgan fingerprint density at radius 1 is 1.26 bits per heavy atom. The van der Waals surface area contributed by atoms with E-state index < -0.39 is 11.6 Å². The fraction of sp³-hybridized carbons (Fsp3) is 0.625. The van der Waals surface area contributed by atoms with Crippen molar-refractivity contribution in [2.75, 3.05) is 6.54 Å². The second-order valence-corrected chi connectivity index (χ2v) is 5.82. The molecule has 1 aromatic carbocycles. The standard InChI is InChI=1S/C16H23F2N/c1-12-4-2-5-13(10-12)8-9-19-11-14-6-3-7-15(17)16(14)18/h3,6-7,12-13,19H,2,4-5,8-11H2,1H3. The lowest BCUT2D eigenvalue weighted by Crippen LogP contribution is -2.21. The van der Waals surface area contributed by atoms with E-state index in [9.17, 15) is 8.78 Å². The third-order valence-electron chi connectivity index (χ3n) is 4.12. The van der Waals surface area contributed by atoms with Crippen molar-refractivity contribution in [3.8, 4) is 0 Å². The Kier molecular flexibility index (Phi) is 5.32. The van der Waals surface area contributed by atoms with Crippen molar-refractivity contribution in [3.63, 3.8) is 0 Å². The molecule has 1 aromatic rings. The summed E-state index contributed by atoms with van der Waals surface area (Å²) in [4.78, 5) is 0. The SMILES string of the molecule is CC1CCCC(CCNCc2cccc(F)c2F)C1. The predicted octanol–water partition coefficient (Wildman–Crippen LogP) is 4.27. The molecule has 1 nitrogen and oxygen atoms in total. The van der Waals surface area contributed by atoms with Crippen LogP contribution in [-0.4, -0.2) is 6.54 Å². The molecular formula is C16H23F2N. The maximum atomic E-state index is 13.4. The molecule has 3 heteroatoms. The van der Waals surface area contributed by atoms with Gasteiger partial charge in [0.25, 0.3) is 0 Å². The molecule has 0 radical (unpaired) electrons. The molecule has 0 heterocycles. The largest absolute Gasteiger partial charge is 0.313 e. The Labute approximate surface area is 114 Å². The lowest BCUT2D eigenvalue weighted by molar-refractivity contribution is 0.267. The molecular weight excluding hydrogens is 244 g/mol. The molecule has 0 aromatic heterocycles. The van der Waals surface area contributed by atoms with Crippen molar-refractivity contribution < 1.29 is 8.78 Å². The van der Waals surface area contributed by atoms with Crippen molar-refractivity contribution in [1.82, 2.24) is 5.32 Å². The summed E-state index contributed by atoms with van der Waals surface area (Å²) in [5.74, 6) is 0.162. The van der Waals surface area contributed by atoms with E-state index >= 15 is 0 Å². The lowest BCUT2D eigenvalue weighted by atomic mass is 9.81. The zero-order chi connectivity index (χ0) is 13.7. The van der Waals surface area contributed by atoms with Crippen molar-refractivity contribution >= 4 is 0 Å². The van der Waals surface area contributed by atoms with Crippen LogP contribution in [0.25, 0.3) is 0 Å². The molecule has 1 aliphatic carbocycles. The zero-order valence-electron chi connectivity index (χ0n) is 11.6. The molecule has 19 heavy (non-hydrogen) atoms. The number of hydrogen-bond donors (Lipinski definition) is 1. The molecule has 2 unspecified atom stereocenters. The van der Waals surface area contributed by atoms with Crippen LogP contribution in [0.15, 0.2) is 18.2 Å². The van der Waals surface area contributed by atoms with Crippen molar-refractivity contribution in [3.05, 3.63) is 35.4 Å². The average Bonchev–Trinajstić information content (AvgIpc) is 2.39. The van der Waals surface area contributed by atoms with E-state index in [-0.39, 0.29) is 0 Å². The number of halogens is 2. The normalized spacial score (nSPS) is 23.5. The fourth-order valence-electron chi connectivity index (χ4n) is 3.04. The topological polar surface area (TPSA) is 12.0 Å². The Balaban J connectivity index is 1.70. The molecule has 2 atom stereocenters. The summed E-state index contributed by atoms with van der Waals surface area (Å²) >= 11 is 0. The molecule has 1 aliphatic rings. The first kappa shape index (κ1) is 14.4. The minimum Gasteiger partial charge on any atom is -0.313 e. The molecule has 2 rings (SSSR count). The summed E-state index contributed by atoms with van der Waals surface area (Å²) in [7, 11) is 0. The number of nitrogens with one attached hydrogen (secondary N) is 1. The maximum absolute atomic E-state index is 13.4. The Hall–Kier alpha value is -0.960. The maximum Gasteiger partial charge on any atom is 0.163 e. The average molecular weight is 267 g/mol.